The Morgan fingerprint density at radius 2 is 1.60 bits per heavy atom. The topological polar surface area (TPSA) is 46.2 Å². The minimum atomic E-state index is -1.23. The zero-order chi connectivity index (χ0) is 14.4. The van der Waals surface area contributed by atoms with Gasteiger partial charge < -0.3 is 5.32 Å². The smallest absolute Gasteiger partial charge is 0.239 e. The lowest BCUT2D eigenvalue weighted by atomic mass is 10.2. The Morgan fingerprint density at radius 1 is 1.05 bits per heavy atom. The van der Waals surface area contributed by atoms with Crippen LogP contribution in [0.1, 0.15) is 12.5 Å². The molecular weight excluding hydrogens is 270 g/mol. The first-order valence-corrected chi connectivity index (χ1v) is 7.82. The number of hydrogen-bond acceptors (Lipinski definition) is 2. The number of hydrogen-bond donors (Lipinski definition) is 1. The highest BCUT2D eigenvalue weighted by molar-refractivity contribution is 7.85. The predicted molar refractivity (Wildman–Crippen MR) is 82.8 cm³/mol. The van der Waals surface area contributed by atoms with Gasteiger partial charge in [-0.1, -0.05) is 48.5 Å². The maximum Gasteiger partial charge on any atom is 0.239 e. The van der Waals surface area contributed by atoms with Gasteiger partial charge in [-0.15, -0.1) is 0 Å². The van der Waals surface area contributed by atoms with Crippen LogP contribution in [-0.4, -0.2) is 15.4 Å². The van der Waals surface area contributed by atoms with E-state index < -0.39 is 16.0 Å². The van der Waals surface area contributed by atoms with E-state index in [0.29, 0.717) is 5.75 Å². The minimum absolute atomic E-state index is 0.217. The summed E-state index contributed by atoms with van der Waals surface area (Å²) >= 11 is 0. The van der Waals surface area contributed by atoms with Crippen LogP contribution in [0.4, 0.5) is 5.69 Å². The molecule has 1 N–H and O–H groups in total. The first-order chi connectivity index (χ1) is 9.66. The Bertz CT molecular complexity index is 530. The standard InChI is InChI=1S/C16H17NO2S/c1-13(16(18)17-15-10-6-3-7-11-15)20(19)12-14-8-4-2-5-9-14/h2-11,13H,12H2,1H3,(H,17,18)/t13-,20-/m0/s1. The molecule has 2 aromatic rings. The van der Waals surface area contributed by atoms with Crippen LogP contribution in [0.25, 0.3) is 0 Å². The molecule has 0 saturated carbocycles. The Morgan fingerprint density at radius 3 is 2.20 bits per heavy atom. The second-order valence-corrected chi connectivity index (χ2v) is 6.27. The van der Waals surface area contributed by atoms with Crippen molar-refractivity contribution >= 4 is 22.4 Å². The summed E-state index contributed by atoms with van der Waals surface area (Å²) in [6.45, 7) is 1.69. The van der Waals surface area contributed by atoms with Gasteiger partial charge in [0.05, 0.1) is 0 Å². The highest BCUT2D eigenvalue weighted by atomic mass is 32.2. The van der Waals surface area contributed by atoms with Crippen LogP contribution < -0.4 is 5.32 Å². The maximum absolute atomic E-state index is 12.2. The number of carbonyl (C=O) groups is 1. The quantitative estimate of drug-likeness (QED) is 0.919. The molecule has 0 heterocycles. The molecule has 4 heteroatoms. The number of amides is 1. The molecule has 2 aromatic carbocycles. The third kappa shape index (κ3) is 4.03. The van der Waals surface area contributed by atoms with Crippen LogP contribution in [-0.2, 0) is 21.3 Å². The van der Waals surface area contributed by atoms with Gasteiger partial charge in [-0.25, -0.2) is 0 Å². The fraction of sp³-hybridized carbons (Fsp3) is 0.188. The van der Waals surface area contributed by atoms with Gasteiger partial charge in [0.2, 0.25) is 5.91 Å². The lowest BCUT2D eigenvalue weighted by molar-refractivity contribution is -0.115. The second-order valence-electron chi connectivity index (χ2n) is 4.51. The number of rotatable bonds is 5. The monoisotopic (exact) mass is 287 g/mol. The molecule has 0 aromatic heterocycles. The lowest BCUT2D eigenvalue weighted by Crippen LogP contribution is -2.29. The van der Waals surface area contributed by atoms with E-state index in [2.05, 4.69) is 5.32 Å². The molecular formula is C16H17NO2S. The molecule has 3 nitrogen and oxygen atoms in total. The number of para-hydroxylation sites is 1. The summed E-state index contributed by atoms with van der Waals surface area (Å²) in [7, 11) is -1.23. The van der Waals surface area contributed by atoms with E-state index >= 15 is 0 Å². The van der Waals surface area contributed by atoms with Crippen LogP contribution in [0.3, 0.4) is 0 Å². The fourth-order valence-corrected chi connectivity index (χ4v) is 2.82. The molecule has 0 aliphatic rings. The summed E-state index contributed by atoms with van der Waals surface area (Å²) in [6, 6.07) is 18.8. The molecule has 0 radical (unpaired) electrons. The predicted octanol–water partition coefficient (Wildman–Crippen LogP) is 2.96. The van der Waals surface area contributed by atoms with E-state index in [4.69, 9.17) is 0 Å². The molecule has 0 bridgehead atoms. The van der Waals surface area contributed by atoms with Crippen molar-refractivity contribution < 1.29 is 9.00 Å². The van der Waals surface area contributed by atoms with Crippen molar-refractivity contribution in [3.63, 3.8) is 0 Å². The molecule has 0 saturated heterocycles. The molecule has 20 heavy (non-hydrogen) atoms. The molecule has 0 spiro atoms. The van der Waals surface area contributed by atoms with Gasteiger partial charge in [0.25, 0.3) is 0 Å². The number of benzene rings is 2. The normalized spacial score (nSPS) is 13.4. The molecule has 0 fully saturated rings. The highest BCUT2D eigenvalue weighted by Crippen LogP contribution is 2.10. The van der Waals surface area contributed by atoms with Crippen molar-refractivity contribution in [1.82, 2.24) is 0 Å². The molecule has 1 amide bonds. The molecule has 2 rings (SSSR count). The van der Waals surface area contributed by atoms with Crippen LogP contribution >= 0.6 is 0 Å². The van der Waals surface area contributed by atoms with E-state index in [0.717, 1.165) is 11.3 Å². The van der Waals surface area contributed by atoms with Crippen molar-refractivity contribution in [2.24, 2.45) is 0 Å². The van der Waals surface area contributed by atoms with E-state index in [1.807, 2.05) is 60.7 Å². The van der Waals surface area contributed by atoms with Crippen molar-refractivity contribution in [3.05, 3.63) is 66.2 Å². The van der Waals surface area contributed by atoms with Crippen molar-refractivity contribution in [1.29, 1.82) is 0 Å². The average Bonchev–Trinajstić information content (AvgIpc) is 2.48. The first kappa shape index (κ1) is 14.5. The van der Waals surface area contributed by atoms with Crippen LogP contribution in [0.5, 0.6) is 0 Å². The van der Waals surface area contributed by atoms with Gasteiger partial charge in [0.1, 0.15) is 5.25 Å². The van der Waals surface area contributed by atoms with E-state index in [1.54, 1.807) is 6.92 Å². The Labute approximate surface area is 121 Å². The number of nitrogens with one attached hydrogen (secondary N) is 1. The third-order valence-electron chi connectivity index (χ3n) is 2.96. The second kappa shape index (κ2) is 7.01. The van der Waals surface area contributed by atoms with Gasteiger partial charge in [0, 0.05) is 22.2 Å². The highest BCUT2D eigenvalue weighted by Gasteiger charge is 2.20. The van der Waals surface area contributed by atoms with E-state index in [-0.39, 0.29) is 5.91 Å². The lowest BCUT2D eigenvalue weighted by Gasteiger charge is -2.12. The average molecular weight is 287 g/mol. The molecule has 0 aliphatic heterocycles. The molecule has 0 aliphatic carbocycles. The first-order valence-electron chi connectivity index (χ1n) is 6.44. The van der Waals surface area contributed by atoms with Gasteiger partial charge in [-0.2, -0.15) is 0 Å². The summed E-state index contributed by atoms with van der Waals surface area (Å²) in [4.78, 5) is 12.0. The summed E-state index contributed by atoms with van der Waals surface area (Å²) < 4.78 is 12.2. The summed E-state index contributed by atoms with van der Waals surface area (Å²) in [5, 5.41) is 2.23. The van der Waals surface area contributed by atoms with Crippen molar-refractivity contribution in [2.75, 3.05) is 5.32 Å². The molecule has 104 valence electrons. The Balaban J connectivity index is 1.95. The third-order valence-corrected chi connectivity index (χ3v) is 4.58. The molecule has 2 atom stereocenters. The largest absolute Gasteiger partial charge is 0.325 e. The minimum Gasteiger partial charge on any atom is -0.325 e. The van der Waals surface area contributed by atoms with Gasteiger partial charge in [-0.3, -0.25) is 9.00 Å². The fourth-order valence-electron chi connectivity index (χ4n) is 1.75. The Kier molecular flexibility index (Phi) is 5.07. The molecule has 0 unspecified atom stereocenters. The summed E-state index contributed by atoms with van der Waals surface area (Å²) in [5.41, 5.74) is 1.70. The number of anilines is 1. The SMILES string of the molecule is C[C@@H](C(=O)Nc1ccccc1)[S@@](=O)Cc1ccccc1. The van der Waals surface area contributed by atoms with Gasteiger partial charge >= 0.3 is 0 Å². The van der Waals surface area contributed by atoms with Crippen molar-refractivity contribution in [2.45, 2.75) is 17.9 Å². The van der Waals surface area contributed by atoms with Crippen molar-refractivity contribution in [3.8, 4) is 0 Å². The van der Waals surface area contributed by atoms with Crippen LogP contribution in [0, 0.1) is 0 Å². The van der Waals surface area contributed by atoms with E-state index in [1.165, 1.54) is 0 Å². The number of carbonyl (C=O) groups excluding carboxylic acids is 1. The zero-order valence-electron chi connectivity index (χ0n) is 11.3. The summed E-state index contributed by atoms with van der Waals surface area (Å²) in [6.07, 6.45) is 0. The maximum atomic E-state index is 12.2. The van der Waals surface area contributed by atoms with E-state index in [9.17, 15) is 9.00 Å². The van der Waals surface area contributed by atoms with Crippen LogP contribution in [0.15, 0.2) is 60.7 Å². The van der Waals surface area contributed by atoms with Crippen LogP contribution in [0.2, 0.25) is 0 Å². The summed E-state index contributed by atoms with van der Waals surface area (Å²) in [5.74, 6) is 0.176. The Hall–Kier alpha value is -1.94. The van der Waals surface area contributed by atoms with Gasteiger partial charge in [0.15, 0.2) is 0 Å². The zero-order valence-corrected chi connectivity index (χ0v) is 12.1. The van der Waals surface area contributed by atoms with Gasteiger partial charge in [-0.05, 0) is 24.6 Å².